The van der Waals surface area contributed by atoms with Crippen LogP contribution < -0.4 is 5.73 Å². The van der Waals surface area contributed by atoms with Crippen LogP contribution in [0.4, 0.5) is 0 Å². The summed E-state index contributed by atoms with van der Waals surface area (Å²) in [5, 5.41) is 0. The van der Waals surface area contributed by atoms with Gasteiger partial charge in [-0.2, -0.15) is 0 Å². The Hall–Kier alpha value is -0.610. The predicted molar refractivity (Wildman–Crippen MR) is 76.0 cm³/mol. The van der Waals surface area contributed by atoms with E-state index in [0.29, 0.717) is 25.6 Å². The van der Waals surface area contributed by atoms with Crippen LogP contribution in [0.3, 0.4) is 0 Å². The number of hydrogen-bond donors (Lipinski definition) is 1. The maximum Gasteiger partial charge on any atom is 0.228 e. The monoisotopic (exact) mass is 278 g/mol. The van der Waals surface area contributed by atoms with Gasteiger partial charge in [0.15, 0.2) is 0 Å². The minimum atomic E-state index is -0.00869. The van der Waals surface area contributed by atoms with E-state index >= 15 is 0 Å². The molecule has 0 aromatic carbocycles. The SMILES string of the molecule is NCC1CN(C(=O)C23CC4CC(CC(C4)C2)C3)CCO1. The predicted octanol–water partition coefficient (Wildman–Crippen LogP) is 1.39. The first kappa shape index (κ1) is 13.1. The molecule has 0 aromatic rings. The molecule has 1 heterocycles. The second-order valence-corrected chi connectivity index (χ2v) is 7.68. The number of amides is 1. The maximum atomic E-state index is 13.1. The summed E-state index contributed by atoms with van der Waals surface area (Å²) >= 11 is 0. The summed E-state index contributed by atoms with van der Waals surface area (Å²) in [6.07, 6.45) is 7.68. The first-order valence-electron chi connectivity index (χ1n) is 8.29. The highest BCUT2D eigenvalue weighted by Crippen LogP contribution is 2.60. The highest BCUT2D eigenvalue weighted by molar-refractivity contribution is 5.83. The number of hydrogen-bond acceptors (Lipinski definition) is 3. The number of rotatable bonds is 2. The minimum Gasteiger partial charge on any atom is -0.373 e. The molecule has 1 aliphatic heterocycles. The molecular weight excluding hydrogens is 252 g/mol. The Morgan fingerprint density at radius 2 is 1.75 bits per heavy atom. The maximum absolute atomic E-state index is 13.1. The molecule has 0 radical (unpaired) electrons. The minimum absolute atomic E-state index is 0.00869. The Kier molecular flexibility index (Phi) is 3.08. The molecule has 1 unspecified atom stereocenters. The van der Waals surface area contributed by atoms with Crippen LogP contribution in [0.5, 0.6) is 0 Å². The van der Waals surface area contributed by atoms with Crippen LogP contribution in [-0.4, -0.2) is 43.2 Å². The normalized spacial score (nSPS) is 46.8. The van der Waals surface area contributed by atoms with Crippen molar-refractivity contribution >= 4 is 5.91 Å². The quantitative estimate of drug-likeness (QED) is 0.830. The fraction of sp³-hybridized carbons (Fsp3) is 0.938. The third-order valence-corrected chi connectivity index (χ3v) is 6.18. The highest BCUT2D eigenvalue weighted by Gasteiger charge is 2.55. The second-order valence-electron chi connectivity index (χ2n) is 7.68. The smallest absolute Gasteiger partial charge is 0.228 e. The van der Waals surface area contributed by atoms with Crippen molar-refractivity contribution in [2.75, 3.05) is 26.2 Å². The molecule has 5 fully saturated rings. The third kappa shape index (κ3) is 2.00. The Morgan fingerprint density at radius 1 is 1.15 bits per heavy atom. The first-order chi connectivity index (χ1) is 9.68. The summed E-state index contributed by atoms with van der Waals surface area (Å²) < 4.78 is 5.61. The second kappa shape index (κ2) is 4.70. The van der Waals surface area contributed by atoms with Crippen molar-refractivity contribution in [2.45, 2.75) is 44.6 Å². The molecule has 1 saturated heterocycles. The van der Waals surface area contributed by atoms with Crippen LogP contribution in [0.25, 0.3) is 0 Å². The zero-order chi connectivity index (χ0) is 13.7. The van der Waals surface area contributed by atoms with Crippen LogP contribution in [0.15, 0.2) is 0 Å². The molecule has 2 N–H and O–H groups in total. The van der Waals surface area contributed by atoms with Gasteiger partial charge < -0.3 is 15.4 Å². The van der Waals surface area contributed by atoms with Crippen LogP contribution in [-0.2, 0) is 9.53 Å². The van der Waals surface area contributed by atoms with Gasteiger partial charge in [0.25, 0.3) is 0 Å². The molecule has 5 aliphatic rings. The van der Waals surface area contributed by atoms with Gasteiger partial charge in [0.2, 0.25) is 5.91 Å². The van der Waals surface area contributed by atoms with Gasteiger partial charge in [0.1, 0.15) is 0 Å². The summed E-state index contributed by atoms with van der Waals surface area (Å²) in [6, 6.07) is 0. The van der Waals surface area contributed by atoms with Gasteiger partial charge in [-0.1, -0.05) is 0 Å². The topological polar surface area (TPSA) is 55.6 Å². The van der Waals surface area contributed by atoms with Crippen LogP contribution in [0.1, 0.15) is 38.5 Å². The van der Waals surface area contributed by atoms with Gasteiger partial charge in [-0.25, -0.2) is 0 Å². The third-order valence-electron chi connectivity index (χ3n) is 6.18. The summed E-state index contributed by atoms with van der Waals surface area (Å²) in [4.78, 5) is 15.2. The Balaban J connectivity index is 1.53. The Bertz CT molecular complexity index is 374. The van der Waals surface area contributed by atoms with Crippen molar-refractivity contribution in [3.8, 4) is 0 Å². The standard InChI is InChI=1S/C16H26N2O2/c17-9-14-10-18(1-2-20-14)15(19)16-6-11-3-12(7-16)5-13(4-11)8-16/h11-14H,1-10,17H2. The summed E-state index contributed by atoms with van der Waals surface area (Å²) in [5.41, 5.74) is 5.70. The zero-order valence-corrected chi connectivity index (χ0v) is 12.2. The van der Waals surface area contributed by atoms with Crippen molar-refractivity contribution in [3.05, 3.63) is 0 Å². The number of nitrogens with two attached hydrogens (primary N) is 1. The number of nitrogens with zero attached hydrogens (tertiary/aromatic N) is 1. The van der Waals surface area contributed by atoms with Crippen molar-refractivity contribution in [3.63, 3.8) is 0 Å². The molecule has 5 rings (SSSR count). The van der Waals surface area contributed by atoms with Crippen LogP contribution >= 0.6 is 0 Å². The molecule has 0 spiro atoms. The van der Waals surface area contributed by atoms with E-state index in [0.717, 1.165) is 43.6 Å². The fourth-order valence-electron chi connectivity index (χ4n) is 5.75. The summed E-state index contributed by atoms with van der Waals surface area (Å²) in [6.45, 7) is 2.64. The van der Waals surface area contributed by atoms with Gasteiger partial charge in [0, 0.05) is 19.6 Å². The van der Waals surface area contributed by atoms with Crippen LogP contribution in [0, 0.1) is 23.2 Å². The van der Waals surface area contributed by atoms with E-state index in [1.54, 1.807) is 0 Å². The first-order valence-corrected chi connectivity index (χ1v) is 8.29. The molecule has 1 amide bonds. The molecule has 4 bridgehead atoms. The van der Waals surface area contributed by atoms with E-state index in [1.165, 1.54) is 19.3 Å². The average molecular weight is 278 g/mol. The van der Waals surface area contributed by atoms with E-state index in [2.05, 4.69) is 4.90 Å². The Morgan fingerprint density at radius 3 is 2.30 bits per heavy atom. The van der Waals surface area contributed by atoms with Crippen LogP contribution in [0.2, 0.25) is 0 Å². The Labute approximate surface area is 121 Å². The largest absolute Gasteiger partial charge is 0.373 e. The molecule has 20 heavy (non-hydrogen) atoms. The van der Waals surface area contributed by atoms with Gasteiger partial charge in [-0.15, -0.1) is 0 Å². The zero-order valence-electron chi connectivity index (χ0n) is 12.2. The van der Waals surface area contributed by atoms with Crippen molar-refractivity contribution in [1.82, 2.24) is 4.90 Å². The molecule has 4 saturated carbocycles. The molecule has 4 heteroatoms. The fourth-order valence-corrected chi connectivity index (χ4v) is 5.75. The van der Waals surface area contributed by atoms with Gasteiger partial charge >= 0.3 is 0 Å². The summed E-state index contributed by atoms with van der Waals surface area (Å²) in [7, 11) is 0. The number of ether oxygens (including phenoxy) is 1. The van der Waals surface area contributed by atoms with E-state index in [1.807, 2.05) is 0 Å². The lowest BCUT2D eigenvalue weighted by molar-refractivity contribution is -0.164. The van der Waals surface area contributed by atoms with E-state index in [-0.39, 0.29) is 11.5 Å². The molecule has 4 aliphatic carbocycles. The lowest BCUT2D eigenvalue weighted by atomic mass is 9.49. The average Bonchev–Trinajstić information content (AvgIpc) is 2.45. The number of carbonyl (C=O) groups excluding carboxylic acids is 1. The molecular formula is C16H26N2O2. The summed E-state index contributed by atoms with van der Waals surface area (Å²) in [5.74, 6) is 2.92. The lowest BCUT2D eigenvalue weighted by Gasteiger charge is -2.57. The molecule has 112 valence electrons. The van der Waals surface area contributed by atoms with Crippen molar-refractivity contribution in [1.29, 1.82) is 0 Å². The van der Waals surface area contributed by atoms with Gasteiger partial charge in [0.05, 0.1) is 18.1 Å². The van der Waals surface area contributed by atoms with Gasteiger partial charge in [-0.05, 0) is 56.3 Å². The van der Waals surface area contributed by atoms with E-state index in [4.69, 9.17) is 10.5 Å². The molecule has 4 nitrogen and oxygen atoms in total. The molecule has 0 aromatic heterocycles. The highest BCUT2D eigenvalue weighted by atomic mass is 16.5. The van der Waals surface area contributed by atoms with E-state index < -0.39 is 0 Å². The lowest BCUT2D eigenvalue weighted by Crippen LogP contribution is -2.58. The number of carbonyl (C=O) groups is 1. The van der Waals surface area contributed by atoms with Crippen molar-refractivity contribution < 1.29 is 9.53 Å². The number of morpholine rings is 1. The van der Waals surface area contributed by atoms with E-state index in [9.17, 15) is 4.79 Å². The molecule has 1 atom stereocenters. The van der Waals surface area contributed by atoms with Crippen molar-refractivity contribution in [2.24, 2.45) is 28.9 Å². The van der Waals surface area contributed by atoms with Gasteiger partial charge in [-0.3, -0.25) is 4.79 Å².